The van der Waals surface area contributed by atoms with Crippen LogP contribution < -0.4 is 20.3 Å². The second-order valence-electron chi connectivity index (χ2n) is 8.74. The fourth-order valence-corrected chi connectivity index (χ4v) is 4.17. The molecule has 1 amide bonds. The topological polar surface area (TPSA) is 79.4 Å². The summed E-state index contributed by atoms with van der Waals surface area (Å²) < 4.78 is 5.20. The van der Waals surface area contributed by atoms with Crippen LogP contribution in [0.1, 0.15) is 57.1 Å². The monoisotopic (exact) mass is 423 g/mol. The Morgan fingerprint density at radius 3 is 2.77 bits per heavy atom. The minimum atomic E-state index is -0.0142. The van der Waals surface area contributed by atoms with E-state index in [1.54, 1.807) is 13.4 Å². The third kappa shape index (κ3) is 6.09. The maximum atomic E-state index is 12.5. The van der Waals surface area contributed by atoms with Crippen molar-refractivity contribution >= 4 is 17.5 Å². The summed E-state index contributed by atoms with van der Waals surface area (Å²) in [6.07, 6.45) is 7.85. The Morgan fingerprint density at radius 2 is 2.03 bits per heavy atom. The lowest BCUT2D eigenvalue weighted by Crippen LogP contribution is -2.36. The molecule has 2 aromatic rings. The highest BCUT2D eigenvalue weighted by Gasteiger charge is 2.24. The molecule has 166 valence electrons. The SMILES string of the molecule is COc1ccc([C@H](C)NC(=O)CC[C@@H]2CCCN(c3cc(NC4CC4)ncn3)C2)cc1. The summed E-state index contributed by atoms with van der Waals surface area (Å²) >= 11 is 0. The van der Waals surface area contributed by atoms with Gasteiger partial charge in [0.2, 0.25) is 5.91 Å². The van der Waals surface area contributed by atoms with E-state index in [9.17, 15) is 4.79 Å². The van der Waals surface area contributed by atoms with Gasteiger partial charge in [0.1, 0.15) is 23.7 Å². The van der Waals surface area contributed by atoms with Crippen LogP contribution in [0.2, 0.25) is 0 Å². The van der Waals surface area contributed by atoms with Crippen molar-refractivity contribution < 1.29 is 9.53 Å². The second-order valence-corrected chi connectivity index (χ2v) is 8.74. The Morgan fingerprint density at radius 1 is 1.23 bits per heavy atom. The zero-order valence-electron chi connectivity index (χ0n) is 18.5. The Kier molecular flexibility index (Phi) is 6.89. The molecule has 1 aromatic heterocycles. The van der Waals surface area contributed by atoms with Crippen molar-refractivity contribution in [3.63, 3.8) is 0 Å². The van der Waals surface area contributed by atoms with Crippen LogP contribution >= 0.6 is 0 Å². The summed E-state index contributed by atoms with van der Waals surface area (Å²) in [5.74, 6) is 3.34. The predicted octanol–water partition coefficient (Wildman–Crippen LogP) is 3.93. The third-order valence-corrected chi connectivity index (χ3v) is 6.20. The number of rotatable bonds is 9. The highest BCUT2D eigenvalue weighted by atomic mass is 16.5. The molecule has 1 aromatic carbocycles. The molecule has 1 saturated carbocycles. The maximum Gasteiger partial charge on any atom is 0.220 e. The zero-order valence-corrected chi connectivity index (χ0v) is 18.5. The summed E-state index contributed by atoms with van der Waals surface area (Å²) in [6.45, 7) is 3.97. The van der Waals surface area contributed by atoms with Gasteiger partial charge in [0.05, 0.1) is 13.2 Å². The number of anilines is 2. The molecule has 0 bridgehead atoms. The number of amides is 1. The molecule has 4 rings (SSSR count). The number of ether oxygens (including phenoxy) is 1. The Bertz CT molecular complexity index is 869. The van der Waals surface area contributed by atoms with Crippen molar-refractivity contribution in [2.45, 2.75) is 57.5 Å². The molecule has 7 heteroatoms. The van der Waals surface area contributed by atoms with Gasteiger partial charge in [-0.25, -0.2) is 9.97 Å². The number of piperidine rings is 1. The van der Waals surface area contributed by atoms with Crippen LogP contribution in [0.5, 0.6) is 5.75 Å². The molecule has 1 aliphatic carbocycles. The van der Waals surface area contributed by atoms with Crippen LogP contribution in [0.4, 0.5) is 11.6 Å². The third-order valence-electron chi connectivity index (χ3n) is 6.20. The van der Waals surface area contributed by atoms with Gasteiger partial charge in [-0.05, 0) is 62.6 Å². The molecule has 2 heterocycles. The highest BCUT2D eigenvalue weighted by Crippen LogP contribution is 2.28. The van der Waals surface area contributed by atoms with Crippen molar-refractivity contribution in [2.75, 3.05) is 30.4 Å². The van der Waals surface area contributed by atoms with Crippen molar-refractivity contribution in [3.8, 4) is 5.75 Å². The van der Waals surface area contributed by atoms with E-state index < -0.39 is 0 Å². The first kappa shape index (κ1) is 21.4. The lowest BCUT2D eigenvalue weighted by atomic mass is 9.93. The van der Waals surface area contributed by atoms with Gasteiger partial charge < -0.3 is 20.3 Å². The molecule has 2 aliphatic rings. The van der Waals surface area contributed by atoms with Crippen LogP contribution in [-0.2, 0) is 4.79 Å². The van der Waals surface area contributed by atoms with Gasteiger partial charge in [-0.15, -0.1) is 0 Å². The Labute approximate surface area is 184 Å². The van der Waals surface area contributed by atoms with E-state index in [0.29, 0.717) is 18.4 Å². The standard InChI is InChI=1S/C24H33N5O2/c1-17(19-6-10-21(31-2)11-7-19)27-24(30)12-5-18-4-3-13-29(15-18)23-14-22(25-16-26-23)28-20-8-9-20/h6-7,10-11,14,16-18,20H,3-5,8-9,12-13,15H2,1-2H3,(H,27,30)(H,25,26,28)/t17-,18-/m0/s1. The number of carbonyl (C=O) groups excluding carboxylic acids is 1. The largest absolute Gasteiger partial charge is 0.497 e. The molecule has 7 nitrogen and oxygen atoms in total. The maximum absolute atomic E-state index is 12.5. The first-order valence-electron chi connectivity index (χ1n) is 11.4. The quantitative estimate of drug-likeness (QED) is 0.636. The van der Waals surface area contributed by atoms with Gasteiger partial charge in [0.15, 0.2) is 0 Å². The summed E-state index contributed by atoms with van der Waals surface area (Å²) in [5, 5.41) is 6.57. The minimum Gasteiger partial charge on any atom is -0.497 e. The normalized spacial score (nSPS) is 19.5. The van der Waals surface area contributed by atoms with E-state index in [0.717, 1.165) is 55.3 Å². The first-order valence-corrected chi connectivity index (χ1v) is 11.4. The van der Waals surface area contributed by atoms with Gasteiger partial charge in [0.25, 0.3) is 0 Å². The van der Waals surface area contributed by atoms with Gasteiger partial charge in [0, 0.05) is 31.6 Å². The number of hydrogen-bond donors (Lipinski definition) is 2. The van der Waals surface area contributed by atoms with Gasteiger partial charge in [-0.2, -0.15) is 0 Å². The fraction of sp³-hybridized carbons (Fsp3) is 0.542. The zero-order chi connectivity index (χ0) is 21.6. The number of benzene rings is 1. The van der Waals surface area contributed by atoms with E-state index >= 15 is 0 Å². The average molecular weight is 424 g/mol. The van der Waals surface area contributed by atoms with Crippen LogP contribution in [0.25, 0.3) is 0 Å². The summed E-state index contributed by atoms with van der Waals surface area (Å²) in [4.78, 5) is 23.7. The summed E-state index contributed by atoms with van der Waals surface area (Å²) in [7, 11) is 1.65. The molecule has 0 unspecified atom stereocenters. The van der Waals surface area contributed by atoms with Gasteiger partial charge in [-0.1, -0.05) is 12.1 Å². The summed E-state index contributed by atoms with van der Waals surface area (Å²) in [6, 6.07) is 10.5. The van der Waals surface area contributed by atoms with Gasteiger partial charge >= 0.3 is 0 Å². The number of nitrogens with one attached hydrogen (secondary N) is 2. The van der Waals surface area contributed by atoms with E-state index in [4.69, 9.17) is 4.74 Å². The van der Waals surface area contributed by atoms with E-state index in [1.165, 1.54) is 12.8 Å². The summed E-state index contributed by atoms with van der Waals surface area (Å²) in [5.41, 5.74) is 1.08. The van der Waals surface area contributed by atoms with Crippen LogP contribution in [0, 0.1) is 5.92 Å². The number of nitrogens with zero attached hydrogens (tertiary/aromatic N) is 3. The first-order chi connectivity index (χ1) is 15.1. The molecule has 0 spiro atoms. The van der Waals surface area contributed by atoms with Crippen LogP contribution in [-0.4, -0.2) is 42.1 Å². The van der Waals surface area contributed by atoms with Gasteiger partial charge in [-0.3, -0.25) is 4.79 Å². The molecule has 1 saturated heterocycles. The Hall–Kier alpha value is -2.83. The molecule has 2 fully saturated rings. The molecule has 2 N–H and O–H groups in total. The number of carbonyl (C=O) groups is 1. The van der Waals surface area contributed by atoms with Crippen molar-refractivity contribution in [1.82, 2.24) is 15.3 Å². The van der Waals surface area contributed by atoms with E-state index in [2.05, 4.69) is 31.6 Å². The van der Waals surface area contributed by atoms with Crippen molar-refractivity contribution in [2.24, 2.45) is 5.92 Å². The molecular weight excluding hydrogens is 390 g/mol. The average Bonchev–Trinajstić information content (AvgIpc) is 3.62. The number of methoxy groups -OCH3 is 1. The van der Waals surface area contributed by atoms with Crippen molar-refractivity contribution in [1.29, 1.82) is 0 Å². The van der Waals surface area contributed by atoms with Crippen LogP contribution in [0.15, 0.2) is 36.7 Å². The van der Waals surface area contributed by atoms with Crippen LogP contribution in [0.3, 0.4) is 0 Å². The molecule has 0 radical (unpaired) electrons. The fourth-order valence-electron chi connectivity index (χ4n) is 4.17. The Balaban J connectivity index is 1.25. The highest BCUT2D eigenvalue weighted by molar-refractivity contribution is 5.76. The number of hydrogen-bond acceptors (Lipinski definition) is 6. The lowest BCUT2D eigenvalue weighted by molar-refractivity contribution is -0.122. The van der Waals surface area contributed by atoms with E-state index in [1.807, 2.05) is 31.2 Å². The lowest BCUT2D eigenvalue weighted by Gasteiger charge is -2.33. The smallest absolute Gasteiger partial charge is 0.220 e. The number of aromatic nitrogens is 2. The predicted molar refractivity (Wildman–Crippen MR) is 122 cm³/mol. The molecule has 2 atom stereocenters. The van der Waals surface area contributed by atoms with E-state index in [-0.39, 0.29) is 11.9 Å². The minimum absolute atomic E-state index is 0.0142. The molecule has 1 aliphatic heterocycles. The molecular formula is C24H33N5O2. The molecule has 31 heavy (non-hydrogen) atoms. The second kappa shape index (κ2) is 9.98. The van der Waals surface area contributed by atoms with Crippen molar-refractivity contribution in [3.05, 3.63) is 42.2 Å².